The summed E-state index contributed by atoms with van der Waals surface area (Å²) < 4.78 is 4.49. The summed E-state index contributed by atoms with van der Waals surface area (Å²) in [5, 5.41) is 2.66. The predicted molar refractivity (Wildman–Crippen MR) is 61.0 cm³/mol. The molecule has 0 fully saturated rings. The molecule has 1 unspecified atom stereocenters. The van der Waals surface area contributed by atoms with E-state index in [1.54, 1.807) is 6.07 Å². The lowest BCUT2D eigenvalue weighted by molar-refractivity contribution is -0.147. The van der Waals surface area contributed by atoms with Crippen molar-refractivity contribution >= 4 is 17.6 Å². The van der Waals surface area contributed by atoms with E-state index < -0.39 is 11.9 Å². The zero-order chi connectivity index (χ0) is 12.1. The average Bonchev–Trinajstić information content (AvgIpc) is 2.27. The van der Waals surface area contributed by atoms with Crippen LogP contribution in [0.5, 0.6) is 0 Å². The maximum atomic E-state index is 11.6. The van der Waals surface area contributed by atoms with Gasteiger partial charge in [-0.15, -0.1) is 0 Å². The number of hydrogen-bond acceptors (Lipinski definition) is 3. The van der Waals surface area contributed by atoms with Crippen molar-refractivity contribution in [2.75, 3.05) is 12.4 Å². The number of carbonyl (C=O) groups excluding carboxylic acids is 2. The van der Waals surface area contributed by atoms with Gasteiger partial charge >= 0.3 is 5.97 Å². The summed E-state index contributed by atoms with van der Waals surface area (Å²) in [4.78, 5) is 22.7. The molecule has 4 nitrogen and oxygen atoms in total. The molecule has 0 saturated heterocycles. The first-order valence-corrected chi connectivity index (χ1v) is 5.00. The highest BCUT2D eigenvalue weighted by Crippen LogP contribution is 2.11. The SMILES string of the molecule is COC(=O)C(C)C(=O)Nc1cccc(C)c1. The van der Waals surface area contributed by atoms with Crippen molar-refractivity contribution in [1.82, 2.24) is 0 Å². The number of anilines is 1. The number of methoxy groups -OCH3 is 1. The van der Waals surface area contributed by atoms with Gasteiger partial charge in [0.15, 0.2) is 0 Å². The molecule has 0 heterocycles. The van der Waals surface area contributed by atoms with Crippen molar-refractivity contribution in [1.29, 1.82) is 0 Å². The number of hydrogen-bond donors (Lipinski definition) is 1. The minimum Gasteiger partial charge on any atom is -0.468 e. The van der Waals surface area contributed by atoms with E-state index in [0.29, 0.717) is 5.69 Å². The normalized spacial score (nSPS) is 11.7. The Morgan fingerprint density at radius 1 is 1.38 bits per heavy atom. The lowest BCUT2D eigenvalue weighted by atomic mass is 10.1. The molecule has 0 aliphatic carbocycles. The molecule has 4 heteroatoms. The molecule has 0 spiro atoms. The van der Waals surface area contributed by atoms with Gasteiger partial charge in [0.25, 0.3) is 0 Å². The molecule has 1 amide bonds. The first-order chi connectivity index (χ1) is 7.54. The fraction of sp³-hybridized carbons (Fsp3) is 0.333. The monoisotopic (exact) mass is 221 g/mol. The topological polar surface area (TPSA) is 55.4 Å². The first kappa shape index (κ1) is 12.2. The molecule has 1 aromatic carbocycles. The van der Waals surface area contributed by atoms with Gasteiger partial charge in [0.1, 0.15) is 5.92 Å². The molecule has 0 aliphatic rings. The summed E-state index contributed by atoms with van der Waals surface area (Å²) in [6, 6.07) is 7.38. The van der Waals surface area contributed by atoms with Crippen LogP contribution in [0, 0.1) is 12.8 Å². The number of nitrogens with one attached hydrogen (secondary N) is 1. The Balaban J connectivity index is 2.68. The zero-order valence-electron chi connectivity index (χ0n) is 9.61. The molecule has 0 aliphatic heterocycles. The Bertz CT molecular complexity index is 401. The van der Waals surface area contributed by atoms with Crippen molar-refractivity contribution in [3.05, 3.63) is 29.8 Å². The van der Waals surface area contributed by atoms with E-state index in [2.05, 4.69) is 10.1 Å². The van der Waals surface area contributed by atoms with E-state index in [9.17, 15) is 9.59 Å². The van der Waals surface area contributed by atoms with Crippen LogP contribution in [0.15, 0.2) is 24.3 Å². The standard InChI is InChI=1S/C12H15NO3/c1-8-5-4-6-10(7-8)13-11(14)9(2)12(15)16-3/h4-7,9H,1-3H3,(H,13,14). The van der Waals surface area contributed by atoms with Crippen molar-refractivity contribution in [3.63, 3.8) is 0 Å². The zero-order valence-corrected chi connectivity index (χ0v) is 9.61. The smallest absolute Gasteiger partial charge is 0.317 e. The van der Waals surface area contributed by atoms with Crippen molar-refractivity contribution in [2.24, 2.45) is 5.92 Å². The highest BCUT2D eigenvalue weighted by molar-refractivity contribution is 6.04. The summed E-state index contributed by atoms with van der Waals surface area (Å²) in [7, 11) is 1.26. The molecule has 0 aromatic heterocycles. The van der Waals surface area contributed by atoms with Crippen LogP contribution in [-0.4, -0.2) is 19.0 Å². The second-order valence-electron chi connectivity index (χ2n) is 3.60. The Morgan fingerprint density at radius 3 is 2.62 bits per heavy atom. The third kappa shape index (κ3) is 3.08. The maximum absolute atomic E-state index is 11.6. The van der Waals surface area contributed by atoms with Gasteiger partial charge in [0.05, 0.1) is 7.11 Å². The van der Waals surface area contributed by atoms with Gasteiger partial charge < -0.3 is 10.1 Å². The largest absolute Gasteiger partial charge is 0.468 e. The molecule has 86 valence electrons. The van der Waals surface area contributed by atoms with Gasteiger partial charge in [0.2, 0.25) is 5.91 Å². The second-order valence-corrected chi connectivity index (χ2v) is 3.60. The molecule has 0 radical (unpaired) electrons. The maximum Gasteiger partial charge on any atom is 0.317 e. The molecule has 1 rings (SSSR count). The summed E-state index contributed by atoms with van der Waals surface area (Å²) in [6.45, 7) is 3.44. The fourth-order valence-corrected chi connectivity index (χ4v) is 1.26. The van der Waals surface area contributed by atoms with Crippen LogP contribution in [0.2, 0.25) is 0 Å². The minimum absolute atomic E-state index is 0.363. The Labute approximate surface area is 94.6 Å². The van der Waals surface area contributed by atoms with Gasteiger partial charge in [-0.3, -0.25) is 9.59 Å². The van der Waals surface area contributed by atoms with Gasteiger partial charge in [-0.25, -0.2) is 0 Å². The Morgan fingerprint density at radius 2 is 2.06 bits per heavy atom. The Hall–Kier alpha value is -1.84. The van der Waals surface area contributed by atoms with Gasteiger partial charge in [0, 0.05) is 5.69 Å². The number of rotatable bonds is 3. The molecule has 0 bridgehead atoms. The lowest BCUT2D eigenvalue weighted by Gasteiger charge is -2.10. The van der Waals surface area contributed by atoms with Crippen LogP contribution in [0.4, 0.5) is 5.69 Å². The number of aryl methyl sites for hydroxylation is 1. The third-order valence-electron chi connectivity index (χ3n) is 2.23. The van der Waals surface area contributed by atoms with Crippen molar-refractivity contribution in [3.8, 4) is 0 Å². The number of benzene rings is 1. The van der Waals surface area contributed by atoms with E-state index in [0.717, 1.165) is 5.56 Å². The number of esters is 1. The molecular formula is C12H15NO3. The number of ether oxygens (including phenoxy) is 1. The third-order valence-corrected chi connectivity index (χ3v) is 2.23. The second kappa shape index (κ2) is 5.30. The van der Waals surface area contributed by atoms with Gasteiger partial charge in [-0.05, 0) is 31.5 Å². The van der Waals surface area contributed by atoms with E-state index >= 15 is 0 Å². The van der Waals surface area contributed by atoms with E-state index in [1.807, 2.05) is 25.1 Å². The summed E-state index contributed by atoms with van der Waals surface area (Å²) in [5.74, 6) is -1.70. The van der Waals surface area contributed by atoms with Crippen LogP contribution in [0.25, 0.3) is 0 Å². The Kier molecular flexibility index (Phi) is 4.05. The number of amides is 1. The quantitative estimate of drug-likeness (QED) is 0.624. The lowest BCUT2D eigenvalue weighted by Crippen LogP contribution is -2.28. The number of carbonyl (C=O) groups is 2. The molecular weight excluding hydrogens is 206 g/mol. The summed E-state index contributed by atoms with van der Waals surface area (Å²) >= 11 is 0. The highest BCUT2D eigenvalue weighted by atomic mass is 16.5. The molecule has 16 heavy (non-hydrogen) atoms. The summed E-state index contributed by atoms with van der Waals surface area (Å²) in [5.41, 5.74) is 1.73. The van der Waals surface area contributed by atoms with Crippen LogP contribution in [0.1, 0.15) is 12.5 Å². The average molecular weight is 221 g/mol. The highest BCUT2D eigenvalue weighted by Gasteiger charge is 2.21. The van der Waals surface area contributed by atoms with Crippen LogP contribution >= 0.6 is 0 Å². The summed E-state index contributed by atoms with van der Waals surface area (Å²) in [6.07, 6.45) is 0. The van der Waals surface area contributed by atoms with Crippen molar-refractivity contribution in [2.45, 2.75) is 13.8 Å². The van der Waals surface area contributed by atoms with E-state index in [-0.39, 0.29) is 5.91 Å². The van der Waals surface area contributed by atoms with E-state index in [4.69, 9.17) is 0 Å². The molecule has 1 atom stereocenters. The minimum atomic E-state index is -0.800. The van der Waals surface area contributed by atoms with E-state index in [1.165, 1.54) is 14.0 Å². The predicted octanol–water partition coefficient (Wildman–Crippen LogP) is 1.74. The van der Waals surface area contributed by atoms with Crippen LogP contribution < -0.4 is 5.32 Å². The van der Waals surface area contributed by atoms with Crippen LogP contribution in [0.3, 0.4) is 0 Å². The molecule has 0 saturated carbocycles. The fourth-order valence-electron chi connectivity index (χ4n) is 1.26. The van der Waals surface area contributed by atoms with Crippen LogP contribution in [-0.2, 0) is 14.3 Å². The molecule has 1 N–H and O–H groups in total. The van der Waals surface area contributed by atoms with Gasteiger partial charge in [-0.1, -0.05) is 12.1 Å². The molecule has 1 aromatic rings. The van der Waals surface area contributed by atoms with Gasteiger partial charge in [-0.2, -0.15) is 0 Å². The van der Waals surface area contributed by atoms with Crippen molar-refractivity contribution < 1.29 is 14.3 Å². The first-order valence-electron chi connectivity index (χ1n) is 5.00.